The molecule has 1 atom stereocenters. The molecule has 0 bridgehead atoms. The predicted octanol–water partition coefficient (Wildman–Crippen LogP) is 3.07. The topological polar surface area (TPSA) is 55.2 Å². The molecule has 4 nitrogen and oxygen atoms in total. The number of rotatable bonds is 4. The highest BCUT2D eigenvalue weighted by molar-refractivity contribution is 7.99. The van der Waals surface area contributed by atoms with Gasteiger partial charge in [0.2, 0.25) is 0 Å². The molecular weight excluding hydrogens is 236 g/mol. The molecule has 0 spiro atoms. The van der Waals surface area contributed by atoms with Crippen molar-refractivity contribution in [1.29, 1.82) is 0 Å². The van der Waals surface area contributed by atoms with Crippen LogP contribution in [0.3, 0.4) is 0 Å². The highest BCUT2D eigenvalue weighted by atomic mass is 32.2. The van der Waals surface area contributed by atoms with Crippen molar-refractivity contribution in [3.63, 3.8) is 0 Å². The van der Waals surface area contributed by atoms with Gasteiger partial charge in [-0.15, -0.1) is 0 Å². The molecule has 0 amide bonds. The van der Waals surface area contributed by atoms with Crippen molar-refractivity contribution in [2.45, 2.75) is 13.3 Å². The molecular formula is C12H16N2O2S. The normalized spacial score (nSPS) is 19.2. The van der Waals surface area contributed by atoms with Crippen LogP contribution in [0.1, 0.15) is 12.0 Å². The standard InChI is InChI=1S/C12H16N2O2S/c1-9-3-2-4-11(12(9)14(15)16)13-7-10-5-6-17-8-10/h2-4,10,13H,5-8H2,1H3. The Morgan fingerprint density at radius 3 is 3.06 bits per heavy atom. The number of nitro benzene ring substituents is 1. The van der Waals surface area contributed by atoms with Crippen LogP contribution in [-0.2, 0) is 0 Å². The third-order valence-electron chi connectivity index (χ3n) is 3.03. The second-order valence-electron chi connectivity index (χ2n) is 4.34. The molecule has 1 fully saturated rings. The van der Waals surface area contributed by atoms with E-state index in [0.717, 1.165) is 12.3 Å². The zero-order valence-electron chi connectivity index (χ0n) is 9.81. The molecule has 5 heteroatoms. The highest BCUT2D eigenvalue weighted by Gasteiger charge is 2.19. The van der Waals surface area contributed by atoms with Gasteiger partial charge in [-0.25, -0.2) is 0 Å². The number of hydrogen-bond donors (Lipinski definition) is 1. The number of nitro groups is 1. The van der Waals surface area contributed by atoms with Crippen LogP contribution in [-0.4, -0.2) is 23.0 Å². The average Bonchev–Trinajstić information content (AvgIpc) is 2.78. The van der Waals surface area contributed by atoms with E-state index in [1.165, 1.54) is 12.2 Å². The molecule has 0 radical (unpaired) electrons. The smallest absolute Gasteiger partial charge is 0.295 e. The molecule has 0 aromatic heterocycles. The minimum absolute atomic E-state index is 0.207. The molecule has 1 unspecified atom stereocenters. The molecule has 1 heterocycles. The first kappa shape index (κ1) is 12.2. The molecule has 1 saturated heterocycles. The van der Waals surface area contributed by atoms with Crippen molar-refractivity contribution >= 4 is 23.1 Å². The zero-order chi connectivity index (χ0) is 12.3. The van der Waals surface area contributed by atoms with Gasteiger partial charge < -0.3 is 5.32 Å². The molecule has 2 rings (SSSR count). The minimum Gasteiger partial charge on any atom is -0.379 e. The molecule has 17 heavy (non-hydrogen) atoms. The Kier molecular flexibility index (Phi) is 3.89. The summed E-state index contributed by atoms with van der Waals surface area (Å²) in [6.07, 6.45) is 1.21. The summed E-state index contributed by atoms with van der Waals surface area (Å²) in [5, 5.41) is 14.2. The lowest BCUT2D eigenvalue weighted by atomic mass is 10.1. The highest BCUT2D eigenvalue weighted by Crippen LogP contribution is 2.29. The molecule has 0 saturated carbocycles. The van der Waals surface area contributed by atoms with Gasteiger partial charge in [-0.05, 0) is 36.8 Å². The number of para-hydroxylation sites is 1. The lowest BCUT2D eigenvalue weighted by molar-refractivity contribution is -0.384. The number of aryl methyl sites for hydroxylation is 1. The van der Waals surface area contributed by atoms with Gasteiger partial charge in [-0.3, -0.25) is 10.1 Å². The van der Waals surface area contributed by atoms with Gasteiger partial charge in [0.25, 0.3) is 5.69 Å². The van der Waals surface area contributed by atoms with Crippen LogP contribution in [0.15, 0.2) is 18.2 Å². The van der Waals surface area contributed by atoms with Gasteiger partial charge >= 0.3 is 0 Å². The lowest BCUT2D eigenvalue weighted by Crippen LogP contribution is -2.14. The zero-order valence-corrected chi connectivity index (χ0v) is 10.6. The van der Waals surface area contributed by atoms with E-state index < -0.39 is 0 Å². The van der Waals surface area contributed by atoms with Crippen LogP contribution in [0, 0.1) is 23.0 Å². The van der Waals surface area contributed by atoms with E-state index in [1.807, 2.05) is 17.8 Å². The van der Waals surface area contributed by atoms with Crippen LogP contribution in [0.4, 0.5) is 11.4 Å². The van der Waals surface area contributed by atoms with Gasteiger partial charge in [0.15, 0.2) is 0 Å². The Morgan fingerprint density at radius 2 is 2.41 bits per heavy atom. The number of benzene rings is 1. The first-order valence-corrected chi connectivity index (χ1v) is 6.89. The summed E-state index contributed by atoms with van der Waals surface area (Å²) in [5.74, 6) is 3.01. The molecule has 1 N–H and O–H groups in total. The van der Waals surface area contributed by atoms with Crippen LogP contribution in [0.5, 0.6) is 0 Å². The van der Waals surface area contributed by atoms with E-state index in [1.54, 1.807) is 19.1 Å². The minimum atomic E-state index is -0.304. The number of nitrogens with zero attached hydrogens (tertiary/aromatic N) is 1. The average molecular weight is 252 g/mol. The number of hydrogen-bond acceptors (Lipinski definition) is 4. The second kappa shape index (κ2) is 5.40. The lowest BCUT2D eigenvalue weighted by Gasteiger charge is -2.12. The summed E-state index contributed by atoms with van der Waals surface area (Å²) in [6.45, 7) is 2.60. The molecule has 0 aliphatic carbocycles. The van der Waals surface area contributed by atoms with Crippen LogP contribution >= 0.6 is 11.8 Å². The SMILES string of the molecule is Cc1cccc(NCC2CCSC2)c1[N+](=O)[O-]. The van der Waals surface area contributed by atoms with E-state index in [0.29, 0.717) is 17.2 Å². The molecule has 92 valence electrons. The van der Waals surface area contributed by atoms with Crippen molar-refractivity contribution in [3.8, 4) is 0 Å². The Morgan fingerprint density at radius 1 is 1.59 bits per heavy atom. The van der Waals surface area contributed by atoms with Crippen LogP contribution < -0.4 is 5.32 Å². The molecule has 1 aromatic carbocycles. The van der Waals surface area contributed by atoms with Crippen molar-refractivity contribution in [1.82, 2.24) is 0 Å². The number of anilines is 1. The summed E-state index contributed by atoms with van der Waals surface area (Å²) in [4.78, 5) is 10.7. The summed E-state index contributed by atoms with van der Waals surface area (Å²) in [7, 11) is 0. The maximum absolute atomic E-state index is 11.0. The van der Waals surface area contributed by atoms with Crippen molar-refractivity contribution in [2.75, 3.05) is 23.4 Å². The summed E-state index contributed by atoms with van der Waals surface area (Å²) in [6, 6.07) is 5.41. The van der Waals surface area contributed by atoms with E-state index in [4.69, 9.17) is 0 Å². The Hall–Kier alpha value is -1.23. The fourth-order valence-electron chi connectivity index (χ4n) is 2.04. The Bertz CT molecular complexity index is 417. The monoisotopic (exact) mass is 252 g/mol. The first-order chi connectivity index (χ1) is 8.18. The maximum Gasteiger partial charge on any atom is 0.295 e. The summed E-state index contributed by atoms with van der Waals surface area (Å²) >= 11 is 1.96. The van der Waals surface area contributed by atoms with Gasteiger partial charge in [0.05, 0.1) is 4.92 Å². The van der Waals surface area contributed by atoms with Gasteiger partial charge in [0.1, 0.15) is 5.69 Å². The number of nitrogens with one attached hydrogen (secondary N) is 1. The van der Waals surface area contributed by atoms with Gasteiger partial charge in [-0.2, -0.15) is 11.8 Å². The molecule has 1 aliphatic heterocycles. The van der Waals surface area contributed by atoms with E-state index >= 15 is 0 Å². The van der Waals surface area contributed by atoms with Crippen LogP contribution in [0.25, 0.3) is 0 Å². The van der Waals surface area contributed by atoms with E-state index in [2.05, 4.69) is 5.32 Å². The van der Waals surface area contributed by atoms with Crippen molar-refractivity contribution < 1.29 is 4.92 Å². The van der Waals surface area contributed by atoms with E-state index in [-0.39, 0.29) is 10.6 Å². The van der Waals surface area contributed by atoms with E-state index in [9.17, 15) is 10.1 Å². The third-order valence-corrected chi connectivity index (χ3v) is 4.26. The van der Waals surface area contributed by atoms with Gasteiger partial charge in [-0.1, -0.05) is 12.1 Å². The third kappa shape index (κ3) is 2.91. The first-order valence-electron chi connectivity index (χ1n) is 5.74. The van der Waals surface area contributed by atoms with Crippen LogP contribution in [0.2, 0.25) is 0 Å². The van der Waals surface area contributed by atoms with Crippen molar-refractivity contribution in [2.24, 2.45) is 5.92 Å². The fraction of sp³-hybridized carbons (Fsp3) is 0.500. The molecule has 1 aliphatic rings. The second-order valence-corrected chi connectivity index (χ2v) is 5.49. The summed E-state index contributed by atoms with van der Waals surface area (Å²) < 4.78 is 0. The molecule has 1 aromatic rings. The maximum atomic E-state index is 11.0. The summed E-state index contributed by atoms with van der Waals surface area (Å²) in [5.41, 5.74) is 1.56. The Labute approximate surface area is 105 Å². The largest absolute Gasteiger partial charge is 0.379 e. The quantitative estimate of drug-likeness (QED) is 0.661. The Balaban J connectivity index is 2.09. The van der Waals surface area contributed by atoms with Crippen molar-refractivity contribution in [3.05, 3.63) is 33.9 Å². The predicted molar refractivity (Wildman–Crippen MR) is 71.8 cm³/mol. The fourth-order valence-corrected chi connectivity index (χ4v) is 3.33. The number of thioether (sulfide) groups is 1. The van der Waals surface area contributed by atoms with Gasteiger partial charge in [0, 0.05) is 12.1 Å².